The second kappa shape index (κ2) is 5.91. The van der Waals surface area contributed by atoms with Crippen LogP contribution in [-0.2, 0) is 14.8 Å². The summed E-state index contributed by atoms with van der Waals surface area (Å²) in [6.45, 7) is 7.54. The molecule has 2 atom stereocenters. The lowest BCUT2D eigenvalue weighted by Gasteiger charge is -2.34. The monoisotopic (exact) mass is 336 g/mol. The molecule has 0 unspecified atom stereocenters. The fourth-order valence-electron chi connectivity index (χ4n) is 3.17. The van der Waals surface area contributed by atoms with Gasteiger partial charge in [-0.3, -0.25) is 4.79 Å². The Kier molecular flexibility index (Phi) is 4.23. The lowest BCUT2D eigenvalue weighted by Crippen LogP contribution is -2.51. The molecule has 2 fully saturated rings. The summed E-state index contributed by atoms with van der Waals surface area (Å²) in [6.07, 6.45) is 0.972. The predicted octanol–water partition coefficient (Wildman–Crippen LogP) is 1.79. The summed E-state index contributed by atoms with van der Waals surface area (Å²) in [4.78, 5) is 14.5. The summed E-state index contributed by atoms with van der Waals surface area (Å²) in [5, 5.41) is 0. The number of hydrogen-bond acceptors (Lipinski definition) is 3. The Morgan fingerprint density at radius 2 is 1.74 bits per heavy atom. The van der Waals surface area contributed by atoms with Crippen molar-refractivity contribution in [3.8, 4) is 0 Å². The highest BCUT2D eigenvalue weighted by Crippen LogP contribution is 2.39. The Hall–Kier alpha value is -1.40. The molecule has 6 heteroatoms. The van der Waals surface area contributed by atoms with Crippen molar-refractivity contribution in [2.75, 3.05) is 26.2 Å². The maximum absolute atomic E-state index is 12.9. The molecule has 126 valence electrons. The SMILES string of the molecule is Cc1ccc(C)c(S(=O)(=O)N2CCN(C(=O)[C@@H]3C[C@H]3C)CC2)c1. The number of carbonyl (C=O) groups excluding carboxylic acids is 1. The number of amides is 1. The van der Waals surface area contributed by atoms with E-state index in [1.54, 1.807) is 6.07 Å². The van der Waals surface area contributed by atoms with Gasteiger partial charge in [-0.25, -0.2) is 8.42 Å². The molecule has 2 aliphatic rings. The standard InChI is InChI=1S/C17H24N2O3S/c1-12-4-5-13(2)16(10-12)23(21,22)19-8-6-18(7-9-19)17(20)15-11-14(15)3/h4-5,10,14-15H,6-9,11H2,1-3H3/t14-,15-/m1/s1. The first kappa shape index (κ1) is 16.5. The number of rotatable bonds is 3. The van der Waals surface area contributed by atoms with Gasteiger partial charge in [0.15, 0.2) is 0 Å². The second-order valence-corrected chi connectivity index (χ2v) is 8.72. The summed E-state index contributed by atoms with van der Waals surface area (Å²) < 4.78 is 27.2. The highest BCUT2D eigenvalue weighted by atomic mass is 32.2. The molecule has 3 rings (SSSR count). The topological polar surface area (TPSA) is 57.7 Å². The first-order chi connectivity index (χ1) is 10.8. The molecule has 1 amide bonds. The number of carbonyl (C=O) groups is 1. The van der Waals surface area contributed by atoms with Gasteiger partial charge in [-0.2, -0.15) is 4.31 Å². The third kappa shape index (κ3) is 3.15. The fraction of sp³-hybridized carbons (Fsp3) is 0.588. The number of piperazine rings is 1. The molecule has 1 heterocycles. The minimum absolute atomic E-state index is 0.164. The largest absolute Gasteiger partial charge is 0.340 e. The quantitative estimate of drug-likeness (QED) is 0.846. The van der Waals surface area contributed by atoms with Crippen LogP contribution in [0.25, 0.3) is 0 Å². The van der Waals surface area contributed by atoms with Crippen LogP contribution in [0.4, 0.5) is 0 Å². The third-order valence-electron chi connectivity index (χ3n) is 4.94. The maximum atomic E-state index is 12.9. The van der Waals surface area contributed by atoms with Crippen molar-refractivity contribution in [3.63, 3.8) is 0 Å². The molecule has 5 nitrogen and oxygen atoms in total. The smallest absolute Gasteiger partial charge is 0.243 e. The van der Waals surface area contributed by atoms with E-state index < -0.39 is 10.0 Å². The lowest BCUT2D eigenvalue weighted by atomic mass is 10.2. The zero-order chi connectivity index (χ0) is 16.8. The molecule has 0 spiro atoms. The van der Waals surface area contributed by atoms with Crippen LogP contribution >= 0.6 is 0 Å². The third-order valence-corrected chi connectivity index (χ3v) is 6.98. The van der Waals surface area contributed by atoms with Gasteiger partial charge in [0.25, 0.3) is 0 Å². The summed E-state index contributed by atoms with van der Waals surface area (Å²) in [5.74, 6) is 0.845. The van der Waals surface area contributed by atoms with Gasteiger partial charge in [-0.05, 0) is 43.4 Å². The van der Waals surface area contributed by atoms with Gasteiger partial charge in [0.2, 0.25) is 15.9 Å². The number of aryl methyl sites for hydroxylation is 2. The Morgan fingerprint density at radius 3 is 2.30 bits per heavy atom. The Labute approximate surface area is 138 Å². The van der Waals surface area contributed by atoms with Gasteiger partial charge in [0.1, 0.15) is 0 Å². The van der Waals surface area contributed by atoms with Gasteiger partial charge >= 0.3 is 0 Å². The maximum Gasteiger partial charge on any atom is 0.243 e. The Bertz CT molecular complexity index is 721. The average molecular weight is 336 g/mol. The first-order valence-electron chi connectivity index (χ1n) is 8.17. The van der Waals surface area contributed by atoms with Gasteiger partial charge in [0.05, 0.1) is 4.90 Å². The molecule has 0 aromatic heterocycles. The molecule has 1 aromatic rings. The molecule has 1 aliphatic carbocycles. The Balaban J connectivity index is 1.71. The van der Waals surface area contributed by atoms with Crippen LogP contribution in [0, 0.1) is 25.7 Å². The van der Waals surface area contributed by atoms with Crippen molar-refractivity contribution < 1.29 is 13.2 Å². The van der Waals surface area contributed by atoms with Crippen LogP contribution in [0.3, 0.4) is 0 Å². The molecule has 0 bridgehead atoms. The van der Waals surface area contributed by atoms with Gasteiger partial charge in [0, 0.05) is 32.1 Å². The van der Waals surface area contributed by atoms with E-state index in [2.05, 4.69) is 6.92 Å². The molecule has 0 radical (unpaired) electrons. The number of sulfonamides is 1. The van der Waals surface area contributed by atoms with Crippen LogP contribution in [0.15, 0.2) is 23.1 Å². The van der Waals surface area contributed by atoms with Crippen molar-refractivity contribution in [1.29, 1.82) is 0 Å². The Morgan fingerprint density at radius 1 is 1.13 bits per heavy atom. The van der Waals surface area contributed by atoms with Crippen molar-refractivity contribution in [3.05, 3.63) is 29.3 Å². The molecule has 1 aromatic carbocycles. The minimum atomic E-state index is -3.48. The van der Waals surface area contributed by atoms with E-state index in [4.69, 9.17) is 0 Å². The van der Waals surface area contributed by atoms with Crippen molar-refractivity contribution in [2.45, 2.75) is 32.1 Å². The molecular weight excluding hydrogens is 312 g/mol. The van der Waals surface area contributed by atoms with E-state index in [0.717, 1.165) is 17.5 Å². The first-order valence-corrected chi connectivity index (χ1v) is 9.61. The van der Waals surface area contributed by atoms with Crippen LogP contribution in [-0.4, -0.2) is 49.7 Å². The highest BCUT2D eigenvalue weighted by Gasteiger charge is 2.42. The molecular formula is C17H24N2O3S. The predicted molar refractivity (Wildman–Crippen MR) is 88.5 cm³/mol. The second-order valence-electron chi connectivity index (χ2n) is 6.82. The zero-order valence-corrected chi connectivity index (χ0v) is 14.8. The molecule has 1 saturated heterocycles. The van der Waals surface area contributed by atoms with E-state index in [0.29, 0.717) is 37.0 Å². The van der Waals surface area contributed by atoms with Crippen LogP contribution in [0.5, 0.6) is 0 Å². The summed E-state index contributed by atoms with van der Waals surface area (Å²) >= 11 is 0. The highest BCUT2D eigenvalue weighted by molar-refractivity contribution is 7.89. The number of benzene rings is 1. The summed E-state index contributed by atoms with van der Waals surface area (Å²) in [5.41, 5.74) is 1.70. The van der Waals surface area contributed by atoms with Gasteiger partial charge in [-0.1, -0.05) is 19.1 Å². The summed E-state index contributed by atoms with van der Waals surface area (Å²) in [7, 11) is -3.48. The number of hydrogen-bond donors (Lipinski definition) is 0. The van der Waals surface area contributed by atoms with Crippen molar-refractivity contribution in [2.24, 2.45) is 11.8 Å². The minimum Gasteiger partial charge on any atom is -0.340 e. The average Bonchev–Trinajstić information content (AvgIpc) is 3.26. The van der Waals surface area contributed by atoms with E-state index in [-0.39, 0.29) is 11.8 Å². The van der Waals surface area contributed by atoms with Gasteiger partial charge in [-0.15, -0.1) is 0 Å². The van der Waals surface area contributed by atoms with E-state index in [1.165, 1.54) is 4.31 Å². The molecule has 1 aliphatic heterocycles. The van der Waals surface area contributed by atoms with E-state index in [9.17, 15) is 13.2 Å². The van der Waals surface area contributed by atoms with E-state index in [1.807, 2.05) is 30.9 Å². The molecule has 0 N–H and O–H groups in total. The van der Waals surface area contributed by atoms with Crippen LogP contribution < -0.4 is 0 Å². The van der Waals surface area contributed by atoms with Crippen LogP contribution in [0.1, 0.15) is 24.5 Å². The molecule has 1 saturated carbocycles. The number of nitrogens with zero attached hydrogens (tertiary/aromatic N) is 2. The fourth-order valence-corrected chi connectivity index (χ4v) is 4.91. The van der Waals surface area contributed by atoms with Crippen molar-refractivity contribution in [1.82, 2.24) is 9.21 Å². The normalized spacial score (nSPS) is 25.4. The van der Waals surface area contributed by atoms with E-state index >= 15 is 0 Å². The van der Waals surface area contributed by atoms with Gasteiger partial charge < -0.3 is 4.90 Å². The van der Waals surface area contributed by atoms with Crippen LogP contribution in [0.2, 0.25) is 0 Å². The lowest BCUT2D eigenvalue weighted by molar-refractivity contribution is -0.134. The molecule has 23 heavy (non-hydrogen) atoms. The van der Waals surface area contributed by atoms with Crippen molar-refractivity contribution >= 4 is 15.9 Å². The summed E-state index contributed by atoms with van der Waals surface area (Å²) in [6, 6.07) is 5.49. The zero-order valence-electron chi connectivity index (χ0n) is 13.9.